The minimum absolute atomic E-state index is 0.501. The van der Waals surface area contributed by atoms with Crippen molar-refractivity contribution >= 4 is 0 Å². The average molecular weight is 310 g/mol. The lowest BCUT2D eigenvalue weighted by molar-refractivity contribution is -0.389. The molecule has 0 radical (unpaired) electrons. The van der Waals surface area contributed by atoms with Crippen molar-refractivity contribution in [2.75, 3.05) is 21.3 Å². The van der Waals surface area contributed by atoms with Crippen molar-refractivity contribution in [2.24, 2.45) is 0 Å². The summed E-state index contributed by atoms with van der Waals surface area (Å²) in [4.78, 5) is 0. The largest absolute Gasteiger partial charge is 0.390 e. The van der Waals surface area contributed by atoms with E-state index in [9.17, 15) is 10.2 Å². The van der Waals surface area contributed by atoms with E-state index in [0.29, 0.717) is 0 Å². The van der Waals surface area contributed by atoms with Crippen LogP contribution in [0.4, 0.5) is 0 Å². The molecule has 7 atom stereocenters. The topological polar surface area (TPSA) is 77.4 Å². The van der Waals surface area contributed by atoms with Crippen molar-refractivity contribution in [1.29, 1.82) is 0 Å². The van der Waals surface area contributed by atoms with Crippen LogP contribution in [0.5, 0.6) is 0 Å². The van der Waals surface area contributed by atoms with Crippen molar-refractivity contribution in [3.8, 4) is 0 Å². The smallest absolute Gasteiger partial charge is 0.186 e. The molecule has 1 heterocycles. The third-order valence-corrected chi connectivity index (χ3v) is 4.83. The van der Waals surface area contributed by atoms with E-state index in [0.717, 1.165) is 5.56 Å². The summed E-state index contributed by atoms with van der Waals surface area (Å²) >= 11 is 0. The molecule has 0 bridgehead atoms. The normalized spacial score (nSPS) is 44.2. The van der Waals surface area contributed by atoms with Crippen LogP contribution in [-0.4, -0.2) is 67.8 Å². The highest BCUT2D eigenvalue weighted by Gasteiger charge is 2.71. The number of benzene rings is 1. The van der Waals surface area contributed by atoms with E-state index in [1.54, 1.807) is 0 Å². The maximum absolute atomic E-state index is 11.2. The Morgan fingerprint density at radius 2 is 1.73 bits per heavy atom. The van der Waals surface area contributed by atoms with Gasteiger partial charge < -0.3 is 29.2 Å². The Labute approximate surface area is 129 Å². The zero-order chi connectivity index (χ0) is 15.9. The summed E-state index contributed by atoms with van der Waals surface area (Å²) in [6, 6.07) is 9.38. The third-order valence-electron chi connectivity index (χ3n) is 4.83. The quantitative estimate of drug-likeness (QED) is 0.832. The summed E-state index contributed by atoms with van der Waals surface area (Å²) in [6.07, 6.45) is -3.57. The number of fused-ring (bicyclic) bond motifs is 1. The summed E-state index contributed by atoms with van der Waals surface area (Å²) in [5.41, 5.74) is -0.532. The van der Waals surface area contributed by atoms with Crippen molar-refractivity contribution in [3.05, 3.63) is 35.9 Å². The molecule has 0 aromatic heterocycles. The summed E-state index contributed by atoms with van der Waals surface area (Å²) in [5.74, 6) is -0.501. The highest BCUT2D eigenvalue weighted by Crippen LogP contribution is 2.54. The van der Waals surface area contributed by atoms with E-state index in [2.05, 4.69) is 0 Å². The third kappa shape index (κ3) is 2.03. The molecule has 1 aliphatic carbocycles. The Bertz CT molecular complexity index is 509. The van der Waals surface area contributed by atoms with Gasteiger partial charge in [-0.15, -0.1) is 0 Å². The lowest BCUT2D eigenvalue weighted by Crippen LogP contribution is -2.80. The fourth-order valence-electron chi connectivity index (χ4n) is 3.81. The second-order valence-electron chi connectivity index (χ2n) is 5.78. The Morgan fingerprint density at radius 3 is 2.27 bits per heavy atom. The number of aliphatic hydroxyl groups excluding tert-OH is 1. The molecular weight excluding hydrogens is 288 g/mol. The molecular formula is C16H22O6. The Hall–Kier alpha value is -1.02. The number of hydrogen-bond donors (Lipinski definition) is 2. The Balaban J connectivity index is 1.98. The first-order valence-corrected chi connectivity index (χ1v) is 7.28. The first-order valence-electron chi connectivity index (χ1n) is 7.28. The summed E-state index contributed by atoms with van der Waals surface area (Å²) in [6.45, 7) is 0. The first kappa shape index (κ1) is 15.9. The Kier molecular flexibility index (Phi) is 4.24. The number of ether oxygens (including phenoxy) is 4. The van der Waals surface area contributed by atoms with E-state index in [1.807, 2.05) is 30.3 Å². The standard InChI is InChI=1S/C16H22O6/c1-19-12-14(20-2)16(18)10(9-7-5-4-6-8-9)11(17)13(16)22-15(12)21-3/h4-8,10-15,17-18H,1-3H3/t10?,11?,12-,13-,14-,15+,16+/m1/s1. The Morgan fingerprint density at radius 1 is 1.05 bits per heavy atom. The van der Waals surface area contributed by atoms with Gasteiger partial charge in [0.1, 0.15) is 23.9 Å². The van der Waals surface area contributed by atoms with Gasteiger partial charge in [-0.1, -0.05) is 30.3 Å². The van der Waals surface area contributed by atoms with Crippen LogP contribution in [-0.2, 0) is 18.9 Å². The van der Waals surface area contributed by atoms with Crippen LogP contribution in [0.3, 0.4) is 0 Å². The molecule has 1 aromatic carbocycles. The van der Waals surface area contributed by atoms with Gasteiger partial charge in [-0.3, -0.25) is 0 Å². The van der Waals surface area contributed by atoms with Crippen molar-refractivity contribution in [1.82, 2.24) is 0 Å². The molecule has 22 heavy (non-hydrogen) atoms. The van der Waals surface area contributed by atoms with E-state index >= 15 is 0 Å². The van der Waals surface area contributed by atoms with Crippen molar-refractivity contribution < 1.29 is 29.2 Å². The predicted octanol–water partition coefficient (Wildman–Crippen LogP) is 0.277. The molecule has 2 aliphatic rings. The van der Waals surface area contributed by atoms with Gasteiger partial charge in [0.05, 0.1) is 6.10 Å². The first-order chi connectivity index (χ1) is 10.6. The van der Waals surface area contributed by atoms with Crippen LogP contribution >= 0.6 is 0 Å². The van der Waals surface area contributed by atoms with Crippen LogP contribution in [0.2, 0.25) is 0 Å². The van der Waals surface area contributed by atoms with Gasteiger partial charge in [0.15, 0.2) is 6.29 Å². The molecule has 2 fully saturated rings. The van der Waals surface area contributed by atoms with Gasteiger partial charge in [0.2, 0.25) is 0 Å². The van der Waals surface area contributed by atoms with Gasteiger partial charge in [-0.25, -0.2) is 0 Å². The van der Waals surface area contributed by atoms with Crippen LogP contribution in [0.25, 0.3) is 0 Å². The molecule has 0 amide bonds. The number of methoxy groups -OCH3 is 3. The number of rotatable bonds is 4. The molecule has 2 N–H and O–H groups in total. The van der Waals surface area contributed by atoms with E-state index in [4.69, 9.17) is 18.9 Å². The van der Waals surface area contributed by atoms with Crippen LogP contribution in [0, 0.1) is 0 Å². The predicted molar refractivity (Wildman–Crippen MR) is 77.4 cm³/mol. The number of hydrogen-bond acceptors (Lipinski definition) is 6. The van der Waals surface area contributed by atoms with Gasteiger partial charge in [0, 0.05) is 27.2 Å². The fraction of sp³-hybridized carbons (Fsp3) is 0.625. The monoisotopic (exact) mass is 310 g/mol. The van der Waals surface area contributed by atoms with Crippen molar-refractivity contribution in [2.45, 2.75) is 42.2 Å². The summed E-state index contributed by atoms with van der Waals surface area (Å²) < 4.78 is 21.9. The van der Waals surface area contributed by atoms with E-state index in [-0.39, 0.29) is 0 Å². The SMILES string of the molecule is CO[C@H]1O[C@@H]2C(O)C(c3ccccc3)[C@@]2(O)[C@H](OC)[C@H]1OC. The molecule has 1 saturated carbocycles. The molecule has 3 rings (SSSR count). The fourth-order valence-corrected chi connectivity index (χ4v) is 3.81. The van der Waals surface area contributed by atoms with Gasteiger partial charge in [-0.05, 0) is 5.56 Å². The van der Waals surface area contributed by atoms with Gasteiger partial charge in [0.25, 0.3) is 0 Å². The molecule has 1 saturated heterocycles. The van der Waals surface area contributed by atoms with Gasteiger partial charge in [-0.2, -0.15) is 0 Å². The lowest BCUT2D eigenvalue weighted by Gasteiger charge is -2.62. The minimum atomic E-state index is -1.37. The molecule has 2 unspecified atom stereocenters. The molecule has 6 heteroatoms. The maximum Gasteiger partial charge on any atom is 0.186 e. The van der Waals surface area contributed by atoms with Gasteiger partial charge >= 0.3 is 0 Å². The van der Waals surface area contributed by atoms with E-state index in [1.165, 1.54) is 21.3 Å². The van der Waals surface area contributed by atoms with E-state index < -0.39 is 42.2 Å². The van der Waals surface area contributed by atoms with Crippen LogP contribution in [0.1, 0.15) is 11.5 Å². The summed E-state index contributed by atoms with van der Waals surface area (Å²) in [5, 5.41) is 21.7. The zero-order valence-electron chi connectivity index (χ0n) is 12.9. The molecule has 1 aliphatic heterocycles. The van der Waals surface area contributed by atoms with Crippen LogP contribution in [0.15, 0.2) is 30.3 Å². The zero-order valence-corrected chi connectivity index (χ0v) is 12.9. The van der Waals surface area contributed by atoms with Crippen molar-refractivity contribution in [3.63, 3.8) is 0 Å². The number of aliphatic hydroxyl groups is 2. The summed E-state index contributed by atoms with van der Waals surface area (Å²) in [7, 11) is 4.52. The average Bonchev–Trinajstić information content (AvgIpc) is 2.54. The minimum Gasteiger partial charge on any atom is -0.390 e. The second kappa shape index (κ2) is 5.88. The molecule has 122 valence electrons. The molecule has 0 spiro atoms. The highest BCUT2D eigenvalue weighted by atomic mass is 16.7. The molecule has 1 aromatic rings. The van der Waals surface area contributed by atoms with Crippen LogP contribution < -0.4 is 0 Å². The molecule has 6 nitrogen and oxygen atoms in total. The maximum atomic E-state index is 11.2. The highest BCUT2D eigenvalue weighted by molar-refractivity contribution is 5.35. The second-order valence-corrected chi connectivity index (χ2v) is 5.78. The lowest BCUT2D eigenvalue weighted by atomic mass is 9.57.